The minimum Gasteiger partial charge on any atom is -0.508 e. The molecule has 7 atom stereocenters. The van der Waals surface area contributed by atoms with Crippen LogP contribution in [0.25, 0.3) is 0 Å². The maximum atomic E-state index is 14.5. The number of halogens is 2. The number of aliphatic carboxylic acids is 2. The molecule has 0 aliphatic carbocycles. The van der Waals surface area contributed by atoms with Gasteiger partial charge >= 0.3 is 11.9 Å². The van der Waals surface area contributed by atoms with Crippen molar-refractivity contribution in [3.05, 3.63) is 94.0 Å². The van der Waals surface area contributed by atoms with E-state index >= 15 is 0 Å². The Labute approximate surface area is 506 Å². The number of phenols is 1. The van der Waals surface area contributed by atoms with Gasteiger partial charge in [0.2, 0.25) is 53.2 Å². The minimum atomic E-state index is -1.70. The number of hydrogen-bond acceptors (Lipinski definition) is 14. The van der Waals surface area contributed by atoms with E-state index in [4.69, 9.17) is 28.9 Å². The van der Waals surface area contributed by atoms with E-state index < -0.39 is 157 Å². The Hall–Kier alpha value is -7.97. The molecule has 25 nitrogen and oxygen atoms in total. The van der Waals surface area contributed by atoms with Gasteiger partial charge in [0.15, 0.2) is 0 Å². The molecule has 0 saturated carbocycles. The highest BCUT2D eigenvalue weighted by atomic mass is 35.5. The van der Waals surface area contributed by atoms with Crippen molar-refractivity contribution in [2.45, 2.75) is 139 Å². The molecule has 0 spiro atoms. The second-order valence-corrected chi connectivity index (χ2v) is 23.2. The SMILES string of the molecule is CC(C)C[C@H](NC(=O)[C@@H](NC(=O)CNC(=O)c1ccccc1)C(C)C)C(=O)N[C@@H](CCCCNC(=O)C[C@H](Sc1cc(Cl)cc(Cl)c1)C(=O)O)C(=O)N[C@@H](CCC(=O)O)C(=O)N[C@@H](Cc1ccc(O)cc1)C(=O)NCC(=O)N[C@H](C(N)=O)C(C)C. The highest BCUT2D eigenvalue weighted by Crippen LogP contribution is 2.31. The number of carboxylic acid groups (broad SMARTS) is 2. The van der Waals surface area contributed by atoms with E-state index in [-0.39, 0.29) is 60.4 Å². The van der Waals surface area contributed by atoms with E-state index in [1.54, 1.807) is 71.9 Å². The lowest BCUT2D eigenvalue weighted by Crippen LogP contribution is -2.60. The molecule has 28 heteroatoms. The number of thioether (sulfide) groups is 1. The lowest BCUT2D eigenvalue weighted by atomic mass is 9.99. The van der Waals surface area contributed by atoms with Gasteiger partial charge in [0, 0.05) is 46.3 Å². The Morgan fingerprint density at radius 1 is 0.565 bits per heavy atom. The average Bonchev–Trinajstić information content (AvgIpc) is 3.47. The van der Waals surface area contributed by atoms with Crippen LogP contribution in [0.1, 0.15) is 102 Å². The molecule has 0 radical (unpaired) electrons. The molecule has 0 heterocycles. The predicted octanol–water partition coefficient (Wildman–Crippen LogP) is 2.33. The number of carboxylic acids is 2. The zero-order chi connectivity index (χ0) is 63.5. The zero-order valence-electron chi connectivity index (χ0n) is 48.0. The zero-order valence-corrected chi connectivity index (χ0v) is 50.3. The summed E-state index contributed by atoms with van der Waals surface area (Å²) in [7, 11) is 0. The molecule has 3 aromatic carbocycles. The van der Waals surface area contributed by atoms with E-state index in [1.165, 1.54) is 42.5 Å². The molecule has 0 aliphatic heterocycles. The third-order valence-corrected chi connectivity index (χ3v) is 14.3. The lowest BCUT2D eigenvalue weighted by Gasteiger charge is -2.28. The van der Waals surface area contributed by atoms with Crippen LogP contribution in [0.2, 0.25) is 10.0 Å². The quantitative estimate of drug-likeness (QED) is 0.0293. The van der Waals surface area contributed by atoms with Crippen molar-refractivity contribution < 1.29 is 72.9 Å². The summed E-state index contributed by atoms with van der Waals surface area (Å²) in [6.45, 7) is 8.87. The molecular weight excluding hydrogens is 1170 g/mol. The second-order valence-electron chi connectivity index (χ2n) is 21.0. The topological polar surface area (TPSA) is 400 Å². The summed E-state index contributed by atoms with van der Waals surface area (Å²) in [4.78, 5) is 159. The molecule has 0 aliphatic rings. The summed E-state index contributed by atoms with van der Waals surface area (Å²) in [5, 5.41) is 51.7. The maximum absolute atomic E-state index is 14.5. The summed E-state index contributed by atoms with van der Waals surface area (Å²) in [6, 6.07) is 9.70. The fourth-order valence-corrected chi connectivity index (χ4v) is 9.95. The van der Waals surface area contributed by atoms with Crippen LogP contribution in [0.15, 0.2) is 77.7 Å². The van der Waals surface area contributed by atoms with Crippen LogP contribution in [-0.4, -0.2) is 147 Å². The number of aromatic hydroxyl groups is 1. The minimum absolute atomic E-state index is 0.00302. The third-order valence-electron chi connectivity index (χ3n) is 12.7. The van der Waals surface area contributed by atoms with E-state index in [0.717, 1.165) is 11.8 Å². The highest BCUT2D eigenvalue weighted by molar-refractivity contribution is 8.00. The van der Waals surface area contributed by atoms with E-state index in [1.807, 2.05) is 0 Å². The Kier molecular flexibility index (Phi) is 30.2. The van der Waals surface area contributed by atoms with Crippen molar-refractivity contribution in [3.8, 4) is 5.75 Å². The van der Waals surface area contributed by atoms with Crippen LogP contribution in [0.3, 0.4) is 0 Å². The van der Waals surface area contributed by atoms with E-state index in [2.05, 4.69) is 47.9 Å². The van der Waals surface area contributed by atoms with Gasteiger partial charge in [-0.2, -0.15) is 0 Å². The van der Waals surface area contributed by atoms with Crippen molar-refractivity contribution in [2.24, 2.45) is 23.5 Å². The van der Waals surface area contributed by atoms with Crippen molar-refractivity contribution in [1.82, 2.24) is 47.9 Å². The first-order valence-corrected chi connectivity index (χ1v) is 29.0. The Morgan fingerprint density at radius 3 is 1.64 bits per heavy atom. The summed E-state index contributed by atoms with van der Waals surface area (Å²) < 4.78 is 0. The molecule has 85 heavy (non-hydrogen) atoms. The normalized spacial score (nSPS) is 13.5. The number of unbranched alkanes of at least 4 members (excludes halogenated alkanes) is 1. The van der Waals surface area contributed by atoms with Gasteiger partial charge in [-0.05, 0) is 97.9 Å². The number of primary amides is 1. The first-order chi connectivity index (χ1) is 40.0. The van der Waals surface area contributed by atoms with Gasteiger partial charge in [0.1, 0.15) is 47.3 Å². The number of rotatable bonds is 36. The van der Waals surface area contributed by atoms with Crippen molar-refractivity contribution in [2.75, 3.05) is 19.6 Å². The first-order valence-electron chi connectivity index (χ1n) is 27.4. The second kappa shape index (κ2) is 36.0. The highest BCUT2D eigenvalue weighted by Gasteiger charge is 2.35. The standard InChI is InChI=1S/C57H76Cl2N10O15S/c1-30(2)22-41(67-56(82)49(32(5)6)69-46(73)28-62-51(77)34-12-8-7-9-13-34)55(81)64-39(14-10-11-21-61-44(71)27-43(57(83)84)85-38-25-35(58)24-36(59)26-38)53(79)65-40(19-20-47(74)75)54(80)66-42(23-33-15-17-37(70)18-16-33)52(78)63-29-45(72)68-48(31(3)4)50(60)76/h7-9,12-13,15-18,24-26,30-32,39-43,48-49,70H,10-11,14,19-23,27-29H2,1-6H3,(H2,60,76)(H,61,71)(H,62,77)(H,63,78)(H,64,81)(H,65,79)(H,66,80)(H,67,82)(H,68,72)(H,69,73)(H,74,75)(H,83,84)/t39-,40-,41-,42-,43-,48-,49-/m0/s1. The largest absolute Gasteiger partial charge is 0.508 e. The van der Waals surface area contributed by atoms with Gasteiger partial charge in [0.05, 0.1) is 13.1 Å². The number of hydrogen-bond donors (Lipinski definition) is 13. The summed E-state index contributed by atoms with van der Waals surface area (Å²) in [6.07, 6.45) is -1.94. The predicted molar refractivity (Wildman–Crippen MR) is 316 cm³/mol. The van der Waals surface area contributed by atoms with Crippen LogP contribution >= 0.6 is 35.0 Å². The first kappa shape index (κ1) is 71.3. The number of nitrogens with one attached hydrogen (secondary N) is 9. The van der Waals surface area contributed by atoms with Gasteiger partial charge in [-0.25, -0.2) is 0 Å². The van der Waals surface area contributed by atoms with Gasteiger partial charge in [-0.1, -0.05) is 95.1 Å². The molecule has 464 valence electrons. The summed E-state index contributed by atoms with van der Waals surface area (Å²) in [5.41, 5.74) is 6.13. The maximum Gasteiger partial charge on any atom is 0.317 e. The van der Waals surface area contributed by atoms with Gasteiger partial charge in [-0.3, -0.25) is 57.5 Å². The van der Waals surface area contributed by atoms with E-state index in [9.17, 15) is 72.9 Å². The Balaban J connectivity index is 1.92. The van der Waals surface area contributed by atoms with Crippen molar-refractivity contribution >= 4 is 106 Å². The number of amides is 10. The molecule has 0 bridgehead atoms. The smallest absolute Gasteiger partial charge is 0.317 e. The monoisotopic (exact) mass is 1240 g/mol. The number of carbonyl (C=O) groups is 12. The van der Waals surface area contributed by atoms with Gasteiger partial charge in [0.25, 0.3) is 5.91 Å². The third kappa shape index (κ3) is 26.7. The van der Waals surface area contributed by atoms with Gasteiger partial charge < -0.3 is 68.9 Å². The van der Waals surface area contributed by atoms with E-state index in [0.29, 0.717) is 16.0 Å². The number of nitrogens with two attached hydrogens (primary N) is 1. The number of benzene rings is 3. The van der Waals surface area contributed by atoms with Crippen LogP contribution in [0, 0.1) is 17.8 Å². The molecule has 14 N–H and O–H groups in total. The fourth-order valence-electron chi connectivity index (χ4n) is 8.24. The van der Waals surface area contributed by atoms with Crippen molar-refractivity contribution in [3.63, 3.8) is 0 Å². The van der Waals surface area contributed by atoms with Crippen molar-refractivity contribution in [1.29, 1.82) is 0 Å². The fraction of sp³-hybridized carbons (Fsp3) is 0.474. The summed E-state index contributed by atoms with van der Waals surface area (Å²) in [5.74, 6) is -12.2. The Morgan fingerprint density at radius 2 is 1.09 bits per heavy atom. The number of carbonyl (C=O) groups excluding carboxylic acids is 10. The lowest BCUT2D eigenvalue weighted by molar-refractivity contribution is -0.139. The average molecular weight is 1240 g/mol. The molecule has 3 aromatic rings. The Bertz CT molecular complexity index is 2810. The molecular formula is C57H76Cl2N10O15S. The molecule has 10 amide bonds. The number of phenolic OH excluding ortho intramolecular Hbond substituents is 1. The molecule has 0 unspecified atom stereocenters. The van der Waals surface area contributed by atoms with Crippen LogP contribution in [0.5, 0.6) is 5.75 Å². The molecule has 3 rings (SSSR count). The molecule has 0 saturated heterocycles. The van der Waals surface area contributed by atoms with Gasteiger partial charge in [-0.15, -0.1) is 11.8 Å². The molecule has 0 aromatic heterocycles. The molecule has 0 fully saturated rings. The van der Waals surface area contributed by atoms with Crippen LogP contribution < -0.4 is 53.6 Å². The van der Waals surface area contributed by atoms with Crippen LogP contribution in [0.4, 0.5) is 0 Å². The summed E-state index contributed by atoms with van der Waals surface area (Å²) >= 11 is 13.0. The van der Waals surface area contributed by atoms with Crippen LogP contribution in [-0.2, 0) is 59.2 Å².